The Balaban J connectivity index is 1.60. The van der Waals surface area contributed by atoms with E-state index in [0.29, 0.717) is 5.92 Å². The van der Waals surface area contributed by atoms with E-state index in [9.17, 15) is 18.0 Å². The molecule has 156 valence electrons. The molecule has 1 aromatic rings. The minimum atomic E-state index is -3.71. The van der Waals surface area contributed by atoms with E-state index in [2.05, 4.69) is 13.8 Å². The summed E-state index contributed by atoms with van der Waals surface area (Å²) in [6.45, 7) is 5.68. The van der Waals surface area contributed by atoms with Crippen LogP contribution in [0.2, 0.25) is 0 Å². The van der Waals surface area contributed by atoms with Crippen molar-refractivity contribution in [2.75, 3.05) is 5.75 Å². The van der Waals surface area contributed by atoms with Crippen LogP contribution in [0.25, 0.3) is 6.08 Å². The van der Waals surface area contributed by atoms with Gasteiger partial charge in [-0.25, -0.2) is 12.7 Å². The lowest BCUT2D eigenvalue weighted by atomic mass is 9.69. The van der Waals surface area contributed by atoms with Crippen molar-refractivity contribution in [3.63, 3.8) is 0 Å². The molecule has 29 heavy (non-hydrogen) atoms. The molecule has 2 saturated carbocycles. The number of nitrogens with zero attached hydrogens (tertiary/aromatic N) is 1. The summed E-state index contributed by atoms with van der Waals surface area (Å²) in [5.74, 6) is -1.31. The Morgan fingerprint density at radius 3 is 2.55 bits per heavy atom. The number of fused-ring (bicyclic) bond motifs is 1. The fourth-order valence-corrected chi connectivity index (χ4v) is 8.65. The van der Waals surface area contributed by atoms with E-state index in [1.807, 2.05) is 36.4 Å². The first-order valence-corrected chi connectivity index (χ1v) is 12.0. The van der Waals surface area contributed by atoms with Gasteiger partial charge in [-0.3, -0.25) is 9.59 Å². The number of carbonyl (C=O) groups is 2. The number of ketones is 1. The molecule has 0 unspecified atom stereocenters. The molecule has 0 aromatic heterocycles. The summed E-state index contributed by atoms with van der Waals surface area (Å²) in [5.41, 5.74) is 0.511. The molecular formula is C23H29NO4S. The van der Waals surface area contributed by atoms with Crippen LogP contribution < -0.4 is 0 Å². The molecule has 0 radical (unpaired) electrons. The molecule has 3 fully saturated rings. The maximum absolute atomic E-state index is 13.4. The largest absolute Gasteiger partial charge is 0.299 e. The standard InChI is InChI=1S/C23H29NO4S/c1-16(25)19(11-7-10-17-8-5-4-6-9-17)21(26)24-20-14-18-12-13-23(20,22(18,2)3)15-29(24,27)28/h4-10,18-20H,11-15H2,1-3H3/b10-7+/t18-,19+,20-,23-/m1/s1. The Morgan fingerprint density at radius 1 is 1.24 bits per heavy atom. The van der Waals surface area contributed by atoms with E-state index >= 15 is 0 Å². The van der Waals surface area contributed by atoms with Gasteiger partial charge in [0.2, 0.25) is 15.9 Å². The van der Waals surface area contributed by atoms with Crippen LogP contribution in [0.15, 0.2) is 36.4 Å². The second-order valence-corrected chi connectivity index (χ2v) is 11.3. The molecule has 2 bridgehead atoms. The predicted molar refractivity (Wildman–Crippen MR) is 112 cm³/mol. The van der Waals surface area contributed by atoms with Crippen molar-refractivity contribution in [2.45, 2.75) is 52.5 Å². The highest BCUT2D eigenvalue weighted by atomic mass is 32.2. The van der Waals surface area contributed by atoms with Crippen molar-refractivity contribution in [1.82, 2.24) is 4.31 Å². The van der Waals surface area contributed by atoms with Crippen LogP contribution in [0.1, 0.15) is 52.0 Å². The maximum Gasteiger partial charge on any atom is 0.247 e. The quantitative estimate of drug-likeness (QED) is 0.688. The molecule has 1 amide bonds. The molecule has 6 heteroatoms. The third-order valence-corrected chi connectivity index (χ3v) is 9.81. The van der Waals surface area contributed by atoms with Crippen LogP contribution in [0.3, 0.4) is 0 Å². The van der Waals surface area contributed by atoms with Crippen molar-refractivity contribution >= 4 is 27.8 Å². The second-order valence-electron chi connectivity index (χ2n) is 9.47. The molecule has 4 rings (SSSR count). The van der Waals surface area contributed by atoms with Gasteiger partial charge in [-0.05, 0) is 49.5 Å². The molecule has 0 N–H and O–H groups in total. The van der Waals surface area contributed by atoms with Gasteiger partial charge in [0.15, 0.2) is 0 Å². The Bertz CT molecular complexity index is 966. The van der Waals surface area contributed by atoms with Gasteiger partial charge >= 0.3 is 0 Å². The maximum atomic E-state index is 13.4. The van der Waals surface area contributed by atoms with E-state index in [4.69, 9.17) is 0 Å². The molecule has 1 heterocycles. The molecule has 3 aliphatic rings. The van der Waals surface area contributed by atoms with Gasteiger partial charge in [0, 0.05) is 5.41 Å². The number of rotatable bonds is 5. The van der Waals surface area contributed by atoms with Crippen LogP contribution in [-0.4, -0.2) is 36.2 Å². The van der Waals surface area contributed by atoms with Gasteiger partial charge in [-0.1, -0.05) is 56.3 Å². The third kappa shape index (κ3) is 2.98. The van der Waals surface area contributed by atoms with E-state index in [-0.39, 0.29) is 34.8 Å². The van der Waals surface area contributed by atoms with Crippen molar-refractivity contribution < 1.29 is 18.0 Å². The highest BCUT2D eigenvalue weighted by Crippen LogP contribution is 2.70. The average molecular weight is 416 g/mol. The first-order valence-electron chi connectivity index (χ1n) is 10.4. The Hall–Kier alpha value is -1.95. The second kappa shape index (κ2) is 6.79. The van der Waals surface area contributed by atoms with E-state index < -0.39 is 21.8 Å². The van der Waals surface area contributed by atoms with Crippen LogP contribution in [0.4, 0.5) is 0 Å². The molecule has 1 spiro atoms. The highest BCUT2D eigenvalue weighted by Gasteiger charge is 2.72. The number of hydrogen-bond acceptors (Lipinski definition) is 4. The fraction of sp³-hybridized carbons (Fsp3) is 0.565. The lowest BCUT2D eigenvalue weighted by molar-refractivity contribution is -0.138. The van der Waals surface area contributed by atoms with Gasteiger partial charge < -0.3 is 0 Å². The lowest BCUT2D eigenvalue weighted by Gasteiger charge is -2.37. The number of hydrogen-bond donors (Lipinski definition) is 0. The monoisotopic (exact) mass is 415 g/mol. The van der Waals surface area contributed by atoms with E-state index in [0.717, 1.165) is 29.1 Å². The lowest BCUT2D eigenvalue weighted by Crippen LogP contribution is -2.47. The zero-order valence-corrected chi connectivity index (χ0v) is 18.1. The summed E-state index contributed by atoms with van der Waals surface area (Å²) in [6.07, 6.45) is 6.46. The molecule has 1 aromatic carbocycles. The molecule has 4 atom stereocenters. The highest BCUT2D eigenvalue weighted by molar-refractivity contribution is 7.90. The van der Waals surface area contributed by atoms with Gasteiger partial charge in [0.1, 0.15) is 11.7 Å². The summed E-state index contributed by atoms with van der Waals surface area (Å²) in [5, 5.41) is 0. The van der Waals surface area contributed by atoms with E-state index in [1.165, 1.54) is 6.92 Å². The number of carbonyl (C=O) groups excluding carboxylic acids is 2. The molecule has 2 aliphatic carbocycles. The molecule has 1 aliphatic heterocycles. The van der Waals surface area contributed by atoms with Crippen molar-refractivity contribution in [3.05, 3.63) is 42.0 Å². The van der Waals surface area contributed by atoms with Crippen LogP contribution in [0, 0.1) is 22.7 Å². The Kier molecular flexibility index (Phi) is 4.76. The van der Waals surface area contributed by atoms with E-state index in [1.54, 1.807) is 6.08 Å². The fourth-order valence-electron chi connectivity index (χ4n) is 6.08. The molecular weight excluding hydrogens is 386 g/mol. The van der Waals surface area contributed by atoms with Crippen molar-refractivity contribution in [3.8, 4) is 0 Å². The summed E-state index contributed by atoms with van der Waals surface area (Å²) < 4.78 is 27.3. The zero-order chi connectivity index (χ0) is 21.0. The summed E-state index contributed by atoms with van der Waals surface area (Å²) >= 11 is 0. The summed E-state index contributed by atoms with van der Waals surface area (Å²) in [6, 6.07) is 9.33. The van der Waals surface area contributed by atoms with Gasteiger partial charge in [-0.2, -0.15) is 0 Å². The van der Waals surface area contributed by atoms with Gasteiger partial charge in [0.25, 0.3) is 0 Å². The summed E-state index contributed by atoms with van der Waals surface area (Å²) in [4.78, 5) is 25.7. The van der Waals surface area contributed by atoms with Crippen LogP contribution >= 0.6 is 0 Å². The Labute approximate surface area is 173 Å². The number of sulfonamides is 1. The molecule has 1 saturated heterocycles. The summed E-state index contributed by atoms with van der Waals surface area (Å²) in [7, 11) is -3.71. The van der Waals surface area contributed by atoms with Crippen LogP contribution in [-0.2, 0) is 19.6 Å². The van der Waals surface area contributed by atoms with Crippen molar-refractivity contribution in [1.29, 1.82) is 0 Å². The van der Waals surface area contributed by atoms with Gasteiger partial charge in [-0.15, -0.1) is 0 Å². The first-order chi connectivity index (χ1) is 13.6. The number of amides is 1. The smallest absolute Gasteiger partial charge is 0.247 e. The topological polar surface area (TPSA) is 71.5 Å². The molecule has 5 nitrogen and oxygen atoms in total. The average Bonchev–Trinajstić information content (AvgIpc) is 3.13. The van der Waals surface area contributed by atoms with Crippen molar-refractivity contribution in [2.24, 2.45) is 22.7 Å². The number of Topliss-reactive ketones (excluding diaryl/α,β-unsaturated/α-hetero) is 1. The minimum Gasteiger partial charge on any atom is -0.299 e. The van der Waals surface area contributed by atoms with Crippen LogP contribution in [0.5, 0.6) is 0 Å². The zero-order valence-electron chi connectivity index (χ0n) is 17.3. The number of benzene rings is 1. The first kappa shape index (κ1) is 20.3. The predicted octanol–water partition coefficient (Wildman–Crippen LogP) is 3.66. The third-order valence-electron chi connectivity index (χ3n) is 7.90. The number of allylic oxidation sites excluding steroid dienone is 1. The Morgan fingerprint density at radius 2 is 1.93 bits per heavy atom. The van der Waals surface area contributed by atoms with Gasteiger partial charge in [0.05, 0.1) is 11.8 Å². The SMILES string of the molecule is CC(=O)[C@H](C/C=C/c1ccccc1)C(=O)N1[C@@H]2C[C@H]3CC[C@]2(CS1(=O)=O)C3(C)C. The minimum absolute atomic E-state index is 0.0321. The normalized spacial score (nSPS) is 32.4.